The van der Waals surface area contributed by atoms with Gasteiger partial charge in [0, 0.05) is 42.5 Å². The maximum absolute atomic E-state index is 12.5. The van der Waals surface area contributed by atoms with Crippen molar-refractivity contribution in [2.45, 2.75) is 31.8 Å². The van der Waals surface area contributed by atoms with E-state index in [9.17, 15) is 4.79 Å². The molecule has 1 aliphatic rings. The molecule has 2 N–H and O–H groups in total. The highest BCUT2D eigenvalue weighted by Crippen LogP contribution is 2.22. The van der Waals surface area contributed by atoms with Crippen molar-refractivity contribution in [3.8, 4) is 0 Å². The SMILES string of the molecule is Cl.Cl.O=C(Cn1nccc1C1CCCNC1)NCc1ccnc2ccccc12. The predicted molar refractivity (Wildman–Crippen MR) is 115 cm³/mol. The molecule has 8 heteroatoms. The number of aromatic nitrogens is 3. The summed E-state index contributed by atoms with van der Waals surface area (Å²) in [5.74, 6) is 0.405. The van der Waals surface area contributed by atoms with E-state index >= 15 is 0 Å². The number of amides is 1. The van der Waals surface area contributed by atoms with Crippen LogP contribution >= 0.6 is 24.8 Å². The highest BCUT2D eigenvalue weighted by Gasteiger charge is 2.19. The van der Waals surface area contributed by atoms with E-state index in [-0.39, 0.29) is 37.3 Å². The van der Waals surface area contributed by atoms with Crippen molar-refractivity contribution in [2.75, 3.05) is 13.1 Å². The number of hydrogen-bond acceptors (Lipinski definition) is 4. The van der Waals surface area contributed by atoms with E-state index in [1.165, 1.54) is 0 Å². The van der Waals surface area contributed by atoms with E-state index in [0.29, 0.717) is 12.5 Å². The summed E-state index contributed by atoms with van der Waals surface area (Å²) in [6.45, 7) is 2.77. The van der Waals surface area contributed by atoms with Crippen molar-refractivity contribution in [3.05, 3.63) is 60.0 Å². The minimum absolute atomic E-state index is 0. The summed E-state index contributed by atoms with van der Waals surface area (Å²) < 4.78 is 1.83. The number of fused-ring (bicyclic) bond motifs is 1. The second-order valence-electron chi connectivity index (χ2n) is 6.72. The largest absolute Gasteiger partial charge is 0.350 e. The summed E-state index contributed by atoms with van der Waals surface area (Å²) >= 11 is 0. The van der Waals surface area contributed by atoms with E-state index in [2.05, 4.69) is 20.7 Å². The Morgan fingerprint density at radius 3 is 2.86 bits per heavy atom. The number of halogens is 2. The van der Waals surface area contributed by atoms with Crippen molar-refractivity contribution >= 4 is 41.6 Å². The standard InChI is InChI=1S/C20H23N5O.2ClH/c26-20(14-25-19(8-11-24-25)16-4-3-9-21-12-16)23-13-15-7-10-22-18-6-2-1-5-17(15)18;;/h1-2,5-8,10-11,16,21H,3-4,9,12-14H2,(H,23,26);2*1H. The maximum atomic E-state index is 12.5. The lowest BCUT2D eigenvalue weighted by molar-refractivity contribution is -0.122. The van der Waals surface area contributed by atoms with Crippen LogP contribution in [0.25, 0.3) is 10.9 Å². The van der Waals surface area contributed by atoms with Crippen LogP contribution in [0.2, 0.25) is 0 Å². The fraction of sp³-hybridized carbons (Fsp3) is 0.350. The van der Waals surface area contributed by atoms with Crippen molar-refractivity contribution in [2.24, 2.45) is 0 Å². The third kappa shape index (κ3) is 5.01. The Labute approximate surface area is 176 Å². The second-order valence-corrected chi connectivity index (χ2v) is 6.72. The first-order valence-corrected chi connectivity index (χ1v) is 9.13. The summed E-state index contributed by atoms with van der Waals surface area (Å²) in [4.78, 5) is 16.8. The van der Waals surface area contributed by atoms with Crippen LogP contribution in [-0.4, -0.2) is 33.8 Å². The van der Waals surface area contributed by atoms with Crippen LogP contribution in [0.5, 0.6) is 0 Å². The summed E-state index contributed by atoms with van der Waals surface area (Å²) in [6.07, 6.45) is 5.87. The number of carbonyl (C=O) groups is 1. The molecule has 28 heavy (non-hydrogen) atoms. The van der Waals surface area contributed by atoms with E-state index < -0.39 is 0 Å². The molecule has 1 saturated heterocycles. The number of piperidine rings is 1. The number of rotatable bonds is 5. The Kier molecular flexibility index (Phi) is 8.23. The zero-order valence-corrected chi connectivity index (χ0v) is 17.1. The molecule has 0 aliphatic carbocycles. The Hall–Kier alpha value is -2.15. The Morgan fingerprint density at radius 1 is 1.18 bits per heavy atom. The van der Waals surface area contributed by atoms with Gasteiger partial charge in [0.25, 0.3) is 0 Å². The molecule has 1 fully saturated rings. The van der Waals surface area contributed by atoms with Crippen LogP contribution in [0.4, 0.5) is 0 Å². The van der Waals surface area contributed by atoms with Gasteiger partial charge in [0.15, 0.2) is 0 Å². The molecule has 1 atom stereocenters. The lowest BCUT2D eigenvalue weighted by Crippen LogP contribution is -2.32. The van der Waals surface area contributed by atoms with E-state index in [0.717, 1.165) is 48.1 Å². The number of benzene rings is 1. The number of carbonyl (C=O) groups excluding carboxylic acids is 1. The summed E-state index contributed by atoms with van der Waals surface area (Å²) in [5.41, 5.74) is 3.15. The summed E-state index contributed by atoms with van der Waals surface area (Å²) in [6, 6.07) is 12.0. The molecular weight excluding hydrogens is 397 g/mol. The number of hydrogen-bond donors (Lipinski definition) is 2. The fourth-order valence-corrected chi connectivity index (χ4v) is 3.62. The zero-order valence-electron chi connectivity index (χ0n) is 15.5. The second kappa shape index (κ2) is 10.4. The topological polar surface area (TPSA) is 71.8 Å². The van der Waals surface area contributed by atoms with E-state index in [1.54, 1.807) is 12.4 Å². The van der Waals surface area contributed by atoms with Gasteiger partial charge in [-0.25, -0.2) is 0 Å². The van der Waals surface area contributed by atoms with Crippen LogP contribution in [0, 0.1) is 0 Å². The lowest BCUT2D eigenvalue weighted by Gasteiger charge is -2.23. The molecule has 3 heterocycles. The first kappa shape index (κ1) is 22.1. The molecule has 1 aromatic carbocycles. The van der Waals surface area contributed by atoms with E-state index in [4.69, 9.17) is 0 Å². The molecule has 150 valence electrons. The van der Waals surface area contributed by atoms with Crippen molar-refractivity contribution in [1.82, 2.24) is 25.4 Å². The van der Waals surface area contributed by atoms with Gasteiger partial charge in [0.2, 0.25) is 5.91 Å². The van der Waals surface area contributed by atoms with Crippen molar-refractivity contribution < 1.29 is 4.79 Å². The maximum Gasteiger partial charge on any atom is 0.242 e. The fourth-order valence-electron chi connectivity index (χ4n) is 3.62. The average molecular weight is 422 g/mol. The molecule has 1 unspecified atom stereocenters. The minimum atomic E-state index is -0.0281. The third-order valence-corrected chi connectivity index (χ3v) is 4.97. The molecule has 6 nitrogen and oxygen atoms in total. The van der Waals surface area contributed by atoms with Crippen LogP contribution in [0.1, 0.15) is 30.0 Å². The van der Waals surface area contributed by atoms with Crippen molar-refractivity contribution in [3.63, 3.8) is 0 Å². The molecule has 1 amide bonds. The van der Waals surface area contributed by atoms with Gasteiger partial charge in [-0.15, -0.1) is 24.8 Å². The number of nitrogens with one attached hydrogen (secondary N) is 2. The Balaban J connectivity index is 0.00000140. The van der Waals surface area contributed by atoms with E-state index in [1.807, 2.05) is 41.1 Å². The average Bonchev–Trinajstić information content (AvgIpc) is 3.15. The number of para-hydroxylation sites is 1. The monoisotopic (exact) mass is 421 g/mol. The number of pyridine rings is 1. The predicted octanol–water partition coefficient (Wildman–Crippen LogP) is 3.06. The lowest BCUT2D eigenvalue weighted by atomic mass is 9.96. The number of nitrogens with zero attached hydrogens (tertiary/aromatic N) is 3. The Morgan fingerprint density at radius 2 is 2.04 bits per heavy atom. The van der Waals surface area contributed by atoms with Gasteiger partial charge in [-0.1, -0.05) is 18.2 Å². The molecule has 0 bridgehead atoms. The van der Waals surface area contributed by atoms with Gasteiger partial charge in [-0.3, -0.25) is 14.5 Å². The molecule has 0 saturated carbocycles. The Bertz CT molecular complexity index is 903. The first-order valence-electron chi connectivity index (χ1n) is 9.13. The van der Waals surface area contributed by atoms with Crippen LogP contribution in [-0.2, 0) is 17.9 Å². The molecule has 1 aliphatic heterocycles. The quantitative estimate of drug-likeness (QED) is 0.663. The molecule has 0 radical (unpaired) electrons. The highest BCUT2D eigenvalue weighted by molar-refractivity contribution is 5.85. The normalized spacial score (nSPS) is 16.1. The molecule has 0 spiro atoms. The van der Waals surface area contributed by atoms with Gasteiger partial charge in [-0.05, 0) is 43.1 Å². The van der Waals surface area contributed by atoms with Crippen LogP contribution < -0.4 is 10.6 Å². The van der Waals surface area contributed by atoms with Crippen molar-refractivity contribution in [1.29, 1.82) is 0 Å². The van der Waals surface area contributed by atoms with Gasteiger partial charge in [-0.2, -0.15) is 5.10 Å². The third-order valence-electron chi connectivity index (χ3n) is 4.97. The molecule has 3 aromatic rings. The first-order chi connectivity index (χ1) is 12.8. The van der Waals surface area contributed by atoms with Crippen LogP contribution in [0.3, 0.4) is 0 Å². The zero-order chi connectivity index (χ0) is 17.8. The summed E-state index contributed by atoms with van der Waals surface area (Å²) in [7, 11) is 0. The molecule has 4 rings (SSSR count). The van der Waals surface area contributed by atoms with Crippen LogP contribution in [0.15, 0.2) is 48.8 Å². The van der Waals surface area contributed by atoms with Gasteiger partial charge in [0.1, 0.15) is 6.54 Å². The minimum Gasteiger partial charge on any atom is -0.350 e. The molecular formula is C20H25Cl2N5O. The summed E-state index contributed by atoms with van der Waals surface area (Å²) in [5, 5.41) is 11.9. The molecule has 2 aromatic heterocycles. The van der Waals surface area contributed by atoms with Gasteiger partial charge in [0.05, 0.1) is 5.52 Å². The smallest absolute Gasteiger partial charge is 0.242 e. The van der Waals surface area contributed by atoms with Gasteiger partial charge < -0.3 is 10.6 Å². The highest BCUT2D eigenvalue weighted by atomic mass is 35.5. The van der Waals surface area contributed by atoms with Gasteiger partial charge >= 0.3 is 0 Å².